The molecule has 0 heterocycles. The largest absolute Gasteiger partial charge is 0.494 e. The van der Waals surface area contributed by atoms with Gasteiger partial charge in [-0.25, -0.2) is 0 Å². The van der Waals surface area contributed by atoms with Crippen LogP contribution in [0, 0.1) is 6.92 Å². The maximum absolute atomic E-state index is 5.79. The normalized spacial score (nSPS) is 12.4. The molecule has 0 bridgehead atoms. The van der Waals surface area contributed by atoms with Crippen molar-refractivity contribution in [2.75, 3.05) is 13.2 Å². The molecule has 19 heavy (non-hydrogen) atoms. The van der Waals surface area contributed by atoms with Crippen LogP contribution in [0.1, 0.15) is 63.6 Å². The van der Waals surface area contributed by atoms with Gasteiger partial charge >= 0.3 is 0 Å². The lowest BCUT2D eigenvalue weighted by Crippen LogP contribution is -2.23. The monoisotopic (exact) mass is 263 g/mol. The van der Waals surface area contributed by atoms with E-state index in [1.165, 1.54) is 36.8 Å². The van der Waals surface area contributed by atoms with Gasteiger partial charge in [-0.15, -0.1) is 0 Å². The molecule has 1 N–H and O–H groups in total. The summed E-state index contributed by atoms with van der Waals surface area (Å²) in [6, 6.07) is 6.93. The number of unbranched alkanes of at least 4 members (excludes halogenated alkanes) is 1. The Kier molecular flexibility index (Phi) is 7.57. The minimum Gasteiger partial charge on any atom is -0.494 e. The van der Waals surface area contributed by atoms with Crippen molar-refractivity contribution in [1.29, 1.82) is 0 Å². The molecular weight excluding hydrogens is 234 g/mol. The first-order chi connectivity index (χ1) is 9.22. The van der Waals surface area contributed by atoms with Gasteiger partial charge in [0.1, 0.15) is 5.75 Å². The number of hydrogen-bond acceptors (Lipinski definition) is 2. The van der Waals surface area contributed by atoms with Crippen molar-refractivity contribution in [1.82, 2.24) is 5.32 Å². The fourth-order valence-electron chi connectivity index (χ4n) is 2.32. The van der Waals surface area contributed by atoms with E-state index in [9.17, 15) is 0 Å². The Morgan fingerprint density at radius 2 is 1.95 bits per heavy atom. The summed E-state index contributed by atoms with van der Waals surface area (Å²) in [6.07, 6.45) is 4.83. The topological polar surface area (TPSA) is 21.3 Å². The van der Waals surface area contributed by atoms with E-state index in [4.69, 9.17) is 4.74 Å². The van der Waals surface area contributed by atoms with E-state index < -0.39 is 0 Å². The van der Waals surface area contributed by atoms with Crippen LogP contribution in [0.15, 0.2) is 18.2 Å². The lowest BCUT2D eigenvalue weighted by Gasteiger charge is -2.22. The molecule has 1 aromatic rings. The van der Waals surface area contributed by atoms with Crippen molar-refractivity contribution in [2.45, 2.75) is 59.4 Å². The highest BCUT2D eigenvalue weighted by Crippen LogP contribution is 2.29. The van der Waals surface area contributed by atoms with E-state index in [0.29, 0.717) is 6.04 Å². The molecule has 0 amide bonds. The molecule has 2 heteroatoms. The number of rotatable bonds is 9. The Hall–Kier alpha value is -1.02. The minimum absolute atomic E-state index is 0.418. The van der Waals surface area contributed by atoms with Crippen molar-refractivity contribution in [2.24, 2.45) is 0 Å². The standard InChI is InChI=1S/C17H29NO/c1-5-8-9-16(18-12-6-2)15-13-14(4)10-11-17(15)19-7-3/h10-11,13,16,18H,5-9,12H2,1-4H3. The molecule has 0 aliphatic carbocycles. The smallest absolute Gasteiger partial charge is 0.124 e. The lowest BCUT2D eigenvalue weighted by atomic mass is 9.98. The molecule has 0 aromatic heterocycles. The SMILES string of the molecule is CCCCC(NCCC)c1cc(C)ccc1OCC. The van der Waals surface area contributed by atoms with Crippen LogP contribution < -0.4 is 10.1 Å². The van der Waals surface area contributed by atoms with Crippen LogP contribution in [-0.2, 0) is 0 Å². The summed E-state index contributed by atoms with van der Waals surface area (Å²) in [7, 11) is 0. The van der Waals surface area contributed by atoms with Crippen LogP contribution >= 0.6 is 0 Å². The first-order valence-electron chi connectivity index (χ1n) is 7.69. The van der Waals surface area contributed by atoms with E-state index >= 15 is 0 Å². The van der Waals surface area contributed by atoms with Crippen LogP contribution in [0.25, 0.3) is 0 Å². The van der Waals surface area contributed by atoms with Gasteiger partial charge in [-0.3, -0.25) is 0 Å². The molecule has 0 aliphatic rings. The van der Waals surface area contributed by atoms with E-state index in [2.05, 4.69) is 44.3 Å². The van der Waals surface area contributed by atoms with E-state index in [1.54, 1.807) is 0 Å². The number of nitrogens with one attached hydrogen (secondary N) is 1. The maximum atomic E-state index is 5.79. The summed E-state index contributed by atoms with van der Waals surface area (Å²) in [5, 5.41) is 3.67. The van der Waals surface area contributed by atoms with Gasteiger partial charge in [-0.05, 0) is 39.3 Å². The van der Waals surface area contributed by atoms with Gasteiger partial charge in [0.15, 0.2) is 0 Å². The quantitative estimate of drug-likeness (QED) is 0.701. The van der Waals surface area contributed by atoms with Crippen molar-refractivity contribution < 1.29 is 4.74 Å². The van der Waals surface area contributed by atoms with Gasteiger partial charge in [0, 0.05) is 11.6 Å². The van der Waals surface area contributed by atoms with Crippen LogP contribution in [0.4, 0.5) is 0 Å². The summed E-state index contributed by atoms with van der Waals surface area (Å²) >= 11 is 0. The first kappa shape index (κ1) is 16.0. The Morgan fingerprint density at radius 1 is 1.16 bits per heavy atom. The summed E-state index contributed by atoms with van der Waals surface area (Å²) in [5.74, 6) is 1.04. The zero-order valence-corrected chi connectivity index (χ0v) is 13.0. The van der Waals surface area contributed by atoms with Gasteiger partial charge < -0.3 is 10.1 Å². The number of aryl methyl sites for hydroxylation is 1. The highest BCUT2D eigenvalue weighted by Gasteiger charge is 2.15. The van der Waals surface area contributed by atoms with Crippen LogP contribution in [0.3, 0.4) is 0 Å². The minimum atomic E-state index is 0.418. The maximum Gasteiger partial charge on any atom is 0.124 e. The second-order valence-electron chi connectivity index (χ2n) is 5.12. The van der Waals surface area contributed by atoms with Gasteiger partial charge in [-0.2, -0.15) is 0 Å². The number of ether oxygens (including phenoxy) is 1. The fraction of sp³-hybridized carbons (Fsp3) is 0.647. The summed E-state index contributed by atoms with van der Waals surface area (Å²) < 4.78 is 5.79. The average molecular weight is 263 g/mol. The average Bonchev–Trinajstić information content (AvgIpc) is 2.41. The Balaban J connectivity index is 2.93. The third-order valence-electron chi connectivity index (χ3n) is 3.33. The van der Waals surface area contributed by atoms with E-state index in [-0.39, 0.29) is 0 Å². The second kappa shape index (κ2) is 8.98. The molecule has 0 saturated carbocycles. The molecule has 0 saturated heterocycles. The third kappa shape index (κ3) is 5.23. The molecule has 0 spiro atoms. The fourth-order valence-corrected chi connectivity index (χ4v) is 2.32. The molecule has 108 valence electrons. The molecule has 1 rings (SSSR count). The van der Waals surface area contributed by atoms with Crippen LogP contribution in [0.5, 0.6) is 5.75 Å². The molecule has 2 nitrogen and oxygen atoms in total. The van der Waals surface area contributed by atoms with Gasteiger partial charge in [0.25, 0.3) is 0 Å². The zero-order valence-electron chi connectivity index (χ0n) is 13.0. The summed E-state index contributed by atoms with van der Waals surface area (Å²) in [5.41, 5.74) is 2.63. The van der Waals surface area contributed by atoms with Crippen molar-refractivity contribution in [3.63, 3.8) is 0 Å². The highest BCUT2D eigenvalue weighted by atomic mass is 16.5. The Morgan fingerprint density at radius 3 is 2.58 bits per heavy atom. The summed E-state index contributed by atoms with van der Waals surface area (Å²) in [4.78, 5) is 0. The summed E-state index contributed by atoms with van der Waals surface area (Å²) in [6.45, 7) is 10.4. The molecular formula is C17H29NO. The van der Waals surface area contributed by atoms with Crippen molar-refractivity contribution in [3.8, 4) is 5.75 Å². The van der Waals surface area contributed by atoms with Gasteiger partial charge in [-0.1, -0.05) is 44.4 Å². The lowest BCUT2D eigenvalue weighted by molar-refractivity contribution is 0.329. The Labute approximate surface area is 118 Å². The van der Waals surface area contributed by atoms with Gasteiger partial charge in [0.2, 0.25) is 0 Å². The molecule has 0 radical (unpaired) electrons. The van der Waals surface area contributed by atoms with Crippen molar-refractivity contribution >= 4 is 0 Å². The molecule has 1 unspecified atom stereocenters. The Bertz CT molecular complexity index is 354. The predicted molar refractivity (Wildman–Crippen MR) is 82.9 cm³/mol. The second-order valence-corrected chi connectivity index (χ2v) is 5.12. The van der Waals surface area contributed by atoms with Gasteiger partial charge in [0.05, 0.1) is 6.61 Å². The van der Waals surface area contributed by atoms with Crippen LogP contribution in [0.2, 0.25) is 0 Å². The van der Waals surface area contributed by atoms with E-state index in [0.717, 1.165) is 18.9 Å². The number of hydrogen-bond donors (Lipinski definition) is 1. The molecule has 0 aliphatic heterocycles. The number of benzene rings is 1. The third-order valence-corrected chi connectivity index (χ3v) is 3.33. The first-order valence-corrected chi connectivity index (χ1v) is 7.69. The molecule has 1 aromatic carbocycles. The van der Waals surface area contributed by atoms with E-state index in [1.807, 2.05) is 6.92 Å². The molecule has 1 atom stereocenters. The molecule has 0 fully saturated rings. The zero-order chi connectivity index (χ0) is 14.1. The highest BCUT2D eigenvalue weighted by molar-refractivity contribution is 5.39. The van der Waals surface area contributed by atoms with Crippen LogP contribution in [-0.4, -0.2) is 13.2 Å². The van der Waals surface area contributed by atoms with Crippen molar-refractivity contribution in [3.05, 3.63) is 29.3 Å². The predicted octanol–water partition coefficient (Wildman–Crippen LogP) is 4.62.